The molecule has 0 bridgehead atoms. The van der Waals surface area contributed by atoms with Gasteiger partial charge in [-0.3, -0.25) is 5.43 Å². The van der Waals surface area contributed by atoms with Crippen LogP contribution < -0.4 is 16.6 Å². The van der Waals surface area contributed by atoms with Crippen LogP contribution >= 0.6 is 27.3 Å². The summed E-state index contributed by atoms with van der Waals surface area (Å²) in [4.78, 5) is 5.52. The number of nitrogens with one attached hydrogen (secondary N) is 2. The van der Waals surface area contributed by atoms with E-state index in [-0.39, 0.29) is 0 Å². The Morgan fingerprint density at radius 3 is 2.80 bits per heavy atom. The summed E-state index contributed by atoms with van der Waals surface area (Å²) in [5.74, 6) is 5.96. The van der Waals surface area contributed by atoms with Crippen molar-refractivity contribution in [3.8, 4) is 0 Å². The summed E-state index contributed by atoms with van der Waals surface area (Å²) in [5.41, 5.74) is 2.54. The third kappa shape index (κ3) is 4.63. The minimum Gasteiger partial charge on any atom is -0.353 e. The van der Waals surface area contributed by atoms with Crippen LogP contribution in [0.1, 0.15) is 18.7 Å². The molecule has 4 N–H and O–H groups in total. The van der Waals surface area contributed by atoms with E-state index in [4.69, 9.17) is 5.84 Å². The number of nitrogens with two attached hydrogens (primary N) is 1. The average Bonchev–Trinajstić information content (AvgIpc) is 2.58. The van der Waals surface area contributed by atoms with Crippen molar-refractivity contribution in [1.29, 1.82) is 0 Å². The van der Waals surface area contributed by atoms with Gasteiger partial charge in [-0.05, 0) is 41.9 Å². The van der Waals surface area contributed by atoms with E-state index in [9.17, 15) is 0 Å². The van der Waals surface area contributed by atoms with E-state index in [2.05, 4.69) is 31.7 Å². The van der Waals surface area contributed by atoms with E-state index in [1.165, 1.54) is 4.88 Å². The zero-order valence-corrected chi connectivity index (χ0v) is 11.2. The molecule has 0 unspecified atom stereocenters. The monoisotopic (exact) mass is 290 g/mol. The SMILES string of the molecule is CC(C)NC(=NCc1ccc(Br)s1)NN. The Labute approximate surface area is 102 Å². The van der Waals surface area contributed by atoms with E-state index in [1.54, 1.807) is 11.3 Å². The van der Waals surface area contributed by atoms with Crippen LogP contribution in [0.2, 0.25) is 0 Å². The van der Waals surface area contributed by atoms with Gasteiger partial charge < -0.3 is 5.32 Å². The second kappa shape index (κ2) is 6.09. The highest BCUT2D eigenvalue weighted by atomic mass is 79.9. The smallest absolute Gasteiger partial charge is 0.206 e. The van der Waals surface area contributed by atoms with Gasteiger partial charge in [0.05, 0.1) is 10.3 Å². The number of nitrogens with zero attached hydrogens (tertiary/aromatic N) is 1. The van der Waals surface area contributed by atoms with Gasteiger partial charge in [-0.2, -0.15) is 0 Å². The van der Waals surface area contributed by atoms with Crippen molar-refractivity contribution in [3.63, 3.8) is 0 Å². The molecular weight excluding hydrogens is 276 g/mol. The highest BCUT2D eigenvalue weighted by molar-refractivity contribution is 9.11. The molecule has 1 aromatic rings. The maximum absolute atomic E-state index is 5.34. The first-order chi connectivity index (χ1) is 7.11. The molecule has 0 aliphatic carbocycles. The summed E-state index contributed by atoms with van der Waals surface area (Å²) in [6, 6.07) is 4.37. The lowest BCUT2D eigenvalue weighted by molar-refractivity contribution is 0.702. The predicted octanol–water partition coefficient (Wildman–Crippen LogP) is 1.83. The lowest BCUT2D eigenvalue weighted by Gasteiger charge is -2.11. The van der Waals surface area contributed by atoms with Gasteiger partial charge in [0.15, 0.2) is 0 Å². The normalized spacial score (nSPS) is 11.9. The van der Waals surface area contributed by atoms with Crippen LogP contribution in [0.15, 0.2) is 20.9 Å². The molecule has 0 spiro atoms. The van der Waals surface area contributed by atoms with Crippen LogP contribution in [-0.4, -0.2) is 12.0 Å². The quantitative estimate of drug-likeness (QED) is 0.344. The molecule has 1 aromatic heterocycles. The van der Waals surface area contributed by atoms with E-state index in [0.717, 1.165) is 3.79 Å². The van der Waals surface area contributed by atoms with Crippen molar-refractivity contribution in [1.82, 2.24) is 10.7 Å². The third-order valence-corrected chi connectivity index (χ3v) is 3.19. The van der Waals surface area contributed by atoms with Gasteiger partial charge >= 0.3 is 0 Å². The van der Waals surface area contributed by atoms with Crippen molar-refractivity contribution in [3.05, 3.63) is 20.8 Å². The molecule has 0 saturated carbocycles. The average molecular weight is 291 g/mol. The number of hydrogen-bond acceptors (Lipinski definition) is 3. The second-order valence-electron chi connectivity index (χ2n) is 3.31. The number of hydrazine groups is 1. The van der Waals surface area contributed by atoms with Crippen LogP contribution in [0.5, 0.6) is 0 Å². The highest BCUT2D eigenvalue weighted by Crippen LogP contribution is 2.22. The number of halogens is 1. The fourth-order valence-electron chi connectivity index (χ4n) is 1.00. The van der Waals surface area contributed by atoms with Gasteiger partial charge in [-0.25, -0.2) is 10.8 Å². The van der Waals surface area contributed by atoms with Gasteiger partial charge in [-0.1, -0.05) is 0 Å². The summed E-state index contributed by atoms with van der Waals surface area (Å²) in [6.07, 6.45) is 0. The molecule has 0 radical (unpaired) electrons. The van der Waals surface area contributed by atoms with E-state index in [0.29, 0.717) is 18.5 Å². The first-order valence-corrected chi connectivity index (χ1v) is 6.24. The third-order valence-electron chi connectivity index (χ3n) is 1.58. The van der Waals surface area contributed by atoms with Crippen molar-refractivity contribution in [2.75, 3.05) is 0 Å². The Morgan fingerprint density at radius 2 is 2.33 bits per heavy atom. The predicted molar refractivity (Wildman–Crippen MR) is 68.8 cm³/mol. The van der Waals surface area contributed by atoms with Gasteiger partial charge in [0.1, 0.15) is 0 Å². The van der Waals surface area contributed by atoms with Gasteiger partial charge in [0.25, 0.3) is 0 Å². The van der Waals surface area contributed by atoms with Gasteiger partial charge in [-0.15, -0.1) is 11.3 Å². The van der Waals surface area contributed by atoms with E-state index in [1.807, 2.05) is 26.0 Å². The van der Waals surface area contributed by atoms with Crippen molar-refractivity contribution >= 4 is 33.2 Å². The minimum atomic E-state index is 0.315. The standard InChI is InChI=1S/C9H15BrN4S/c1-6(2)13-9(14-11)12-5-7-3-4-8(10)15-7/h3-4,6H,5,11H2,1-2H3,(H2,12,13,14). The molecular formula is C9H15BrN4S. The molecule has 0 fully saturated rings. The maximum Gasteiger partial charge on any atom is 0.206 e. The molecule has 1 rings (SSSR count). The number of guanidine groups is 1. The van der Waals surface area contributed by atoms with Crippen molar-refractivity contribution < 1.29 is 0 Å². The van der Waals surface area contributed by atoms with Gasteiger partial charge in [0, 0.05) is 10.9 Å². The zero-order chi connectivity index (χ0) is 11.3. The molecule has 0 aromatic carbocycles. The number of thiophene rings is 1. The fraction of sp³-hybridized carbons (Fsp3) is 0.444. The van der Waals surface area contributed by atoms with Crippen molar-refractivity contribution in [2.45, 2.75) is 26.4 Å². The first-order valence-electron chi connectivity index (χ1n) is 4.63. The number of aliphatic imine (C=N–C) groups is 1. The first kappa shape index (κ1) is 12.5. The molecule has 84 valence electrons. The van der Waals surface area contributed by atoms with Crippen LogP contribution in [0.25, 0.3) is 0 Å². The zero-order valence-electron chi connectivity index (χ0n) is 8.75. The lowest BCUT2D eigenvalue weighted by atomic mass is 10.4. The summed E-state index contributed by atoms with van der Waals surface area (Å²) in [7, 11) is 0. The Balaban J connectivity index is 2.54. The molecule has 0 amide bonds. The molecule has 6 heteroatoms. The largest absolute Gasteiger partial charge is 0.353 e. The van der Waals surface area contributed by atoms with Crippen LogP contribution in [0.3, 0.4) is 0 Å². The summed E-state index contributed by atoms with van der Waals surface area (Å²) >= 11 is 5.08. The van der Waals surface area contributed by atoms with Crippen molar-refractivity contribution in [2.24, 2.45) is 10.8 Å². The number of hydrogen-bond donors (Lipinski definition) is 3. The summed E-state index contributed by atoms with van der Waals surface area (Å²) in [5, 5.41) is 3.11. The minimum absolute atomic E-state index is 0.315. The Hall–Kier alpha value is -0.590. The maximum atomic E-state index is 5.34. The molecule has 0 atom stereocenters. The molecule has 4 nitrogen and oxygen atoms in total. The Bertz CT molecular complexity index is 335. The molecule has 1 heterocycles. The van der Waals surface area contributed by atoms with Crippen LogP contribution in [0.4, 0.5) is 0 Å². The Kier molecular flexibility index (Phi) is 5.07. The molecule has 0 aliphatic rings. The topological polar surface area (TPSA) is 62.4 Å². The fourth-order valence-corrected chi connectivity index (χ4v) is 2.41. The summed E-state index contributed by atoms with van der Waals surface area (Å²) in [6.45, 7) is 4.71. The van der Waals surface area contributed by atoms with E-state index >= 15 is 0 Å². The summed E-state index contributed by atoms with van der Waals surface area (Å²) < 4.78 is 1.12. The highest BCUT2D eigenvalue weighted by Gasteiger charge is 2.00. The van der Waals surface area contributed by atoms with E-state index < -0.39 is 0 Å². The Morgan fingerprint density at radius 1 is 1.60 bits per heavy atom. The van der Waals surface area contributed by atoms with Crippen LogP contribution in [0, 0.1) is 0 Å². The molecule has 15 heavy (non-hydrogen) atoms. The van der Waals surface area contributed by atoms with Gasteiger partial charge in [0.2, 0.25) is 5.96 Å². The molecule has 0 saturated heterocycles. The second-order valence-corrected chi connectivity index (χ2v) is 5.86. The number of rotatable bonds is 3. The van der Waals surface area contributed by atoms with Crippen LogP contribution in [-0.2, 0) is 6.54 Å². The molecule has 0 aliphatic heterocycles. The lowest BCUT2D eigenvalue weighted by Crippen LogP contribution is -2.44.